The van der Waals surface area contributed by atoms with Gasteiger partial charge in [-0.2, -0.15) is 0 Å². The molecule has 0 unspecified atom stereocenters. The van der Waals surface area contributed by atoms with Crippen molar-refractivity contribution < 1.29 is 29.2 Å². The zero-order valence-corrected chi connectivity index (χ0v) is 9.66. The first kappa shape index (κ1) is 14.9. The molecule has 0 fully saturated rings. The lowest BCUT2D eigenvalue weighted by atomic mass is 10.5. The molecule has 17 heavy (non-hydrogen) atoms. The molecule has 0 aromatic rings. The fraction of sp³-hybridized carbons (Fsp3) is 0.750. The number of carboxylic acid groups (broad SMARTS) is 1. The summed E-state index contributed by atoms with van der Waals surface area (Å²) in [5.74, 6) is -1.66. The van der Waals surface area contributed by atoms with Gasteiger partial charge in [-0.1, -0.05) is 6.92 Å². The Morgan fingerprint density at radius 2 is 2.12 bits per heavy atom. The quantitative estimate of drug-likeness (QED) is 0.162. The maximum atomic E-state index is 11.2. The number of carbonyl (C=O) groups is 2. The third-order valence-electron chi connectivity index (χ3n) is 1.61. The molecular weight excluding hydrogens is 234 g/mol. The molecule has 0 heterocycles. The van der Waals surface area contributed by atoms with E-state index < -0.39 is 25.3 Å². The van der Waals surface area contributed by atoms with Crippen molar-refractivity contribution in [3.63, 3.8) is 0 Å². The van der Waals surface area contributed by atoms with Crippen molar-refractivity contribution in [2.75, 3.05) is 19.9 Å². The molecule has 1 N–H and O–H groups in total. The summed E-state index contributed by atoms with van der Waals surface area (Å²) >= 11 is 0. The molecule has 98 valence electrons. The first-order chi connectivity index (χ1) is 8.01. The highest BCUT2D eigenvalue weighted by Crippen LogP contribution is 1.92. The van der Waals surface area contributed by atoms with Crippen molar-refractivity contribution in [2.45, 2.75) is 20.3 Å². The van der Waals surface area contributed by atoms with Gasteiger partial charge >= 0.3 is 11.9 Å². The van der Waals surface area contributed by atoms with Gasteiger partial charge < -0.3 is 19.9 Å². The summed E-state index contributed by atoms with van der Waals surface area (Å²) in [4.78, 5) is 25.4. The second-order valence-electron chi connectivity index (χ2n) is 2.83. The van der Waals surface area contributed by atoms with Crippen molar-refractivity contribution in [1.82, 2.24) is 5.01 Å². The molecule has 0 aromatic carbocycles. The first-order valence-corrected chi connectivity index (χ1v) is 4.93. The van der Waals surface area contributed by atoms with Crippen LogP contribution in [0, 0.1) is 5.21 Å². The largest absolute Gasteiger partial charge is 0.569 e. The van der Waals surface area contributed by atoms with Gasteiger partial charge in [0.2, 0.25) is 5.28 Å². The number of hydrazine groups is 1. The maximum absolute atomic E-state index is 11.2. The summed E-state index contributed by atoms with van der Waals surface area (Å²) in [5.41, 5.74) is 0. The fourth-order valence-corrected chi connectivity index (χ4v) is 0.768. The monoisotopic (exact) mass is 249 g/mol. The Labute approximate surface area is 97.7 Å². The molecule has 0 aliphatic heterocycles. The standard InChI is InChI=1S/C8H15N3O6/c1-3-8(14)16-6-17-9-11(15)10(4-2)5-7(12)13/h3-6H2,1-2H3,(H,12,13). The van der Waals surface area contributed by atoms with Crippen LogP contribution in [0.4, 0.5) is 0 Å². The highest BCUT2D eigenvalue weighted by atomic mass is 16.8. The van der Waals surface area contributed by atoms with Gasteiger partial charge in [-0.3, -0.25) is 9.59 Å². The number of aliphatic carboxylic acids is 1. The van der Waals surface area contributed by atoms with Gasteiger partial charge in [-0.25, -0.2) is 0 Å². The molecule has 0 rings (SSSR count). The molecule has 0 saturated heterocycles. The van der Waals surface area contributed by atoms with Crippen molar-refractivity contribution in [1.29, 1.82) is 0 Å². The minimum absolute atomic E-state index is 0.00605. The topological polar surface area (TPSA) is 114 Å². The summed E-state index contributed by atoms with van der Waals surface area (Å²) in [7, 11) is 0. The molecule has 0 aliphatic rings. The summed E-state index contributed by atoms with van der Waals surface area (Å²) < 4.78 is 4.48. The predicted octanol–water partition coefficient (Wildman–Crippen LogP) is 0.113. The Bertz CT molecular complexity index is 293. The normalized spacial score (nSPS) is 10.8. The van der Waals surface area contributed by atoms with Crippen LogP contribution in [-0.2, 0) is 19.2 Å². The van der Waals surface area contributed by atoms with Crippen LogP contribution in [0.15, 0.2) is 5.28 Å². The third kappa shape index (κ3) is 6.93. The van der Waals surface area contributed by atoms with Crippen LogP contribution in [0.2, 0.25) is 0 Å². The first-order valence-electron chi connectivity index (χ1n) is 4.93. The smallest absolute Gasteiger partial charge is 0.329 e. The average molecular weight is 249 g/mol. The zero-order valence-electron chi connectivity index (χ0n) is 9.66. The lowest BCUT2D eigenvalue weighted by molar-refractivity contribution is -0.709. The van der Waals surface area contributed by atoms with Crippen molar-refractivity contribution in [2.24, 2.45) is 5.28 Å². The molecule has 0 bridgehead atoms. The van der Waals surface area contributed by atoms with Crippen LogP contribution in [0.3, 0.4) is 0 Å². The van der Waals surface area contributed by atoms with E-state index in [1.807, 2.05) is 0 Å². The van der Waals surface area contributed by atoms with Crippen LogP contribution in [-0.4, -0.2) is 46.9 Å². The summed E-state index contributed by atoms with van der Waals surface area (Å²) in [6.45, 7) is 2.35. The summed E-state index contributed by atoms with van der Waals surface area (Å²) in [6.07, 6.45) is 0.185. The molecule has 0 amide bonds. The Morgan fingerprint density at radius 3 is 2.59 bits per heavy atom. The number of carbonyl (C=O) groups excluding carboxylic acids is 1. The van der Waals surface area contributed by atoms with Crippen LogP contribution in [0.25, 0.3) is 0 Å². The van der Waals surface area contributed by atoms with E-state index >= 15 is 0 Å². The highest BCUT2D eigenvalue weighted by molar-refractivity contribution is 5.69. The summed E-state index contributed by atoms with van der Waals surface area (Å²) in [6, 6.07) is 0. The van der Waals surface area contributed by atoms with Gasteiger partial charge in [-0.15, -0.1) is 5.01 Å². The van der Waals surface area contributed by atoms with Gasteiger partial charge in [0, 0.05) is 6.42 Å². The Kier molecular flexibility index (Phi) is 7.15. The van der Waals surface area contributed by atoms with Gasteiger partial charge in [0.15, 0.2) is 6.54 Å². The Balaban J connectivity index is 4.04. The average Bonchev–Trinajstić information content (AvgIpc) is 2.30. The molecule has 0 aromatic heterocycles. The number of esters is 1. The SMILES string of the molecule is CCC(=O)OCON=[N+]([O-])N(CC)CC(=O)O. The Hall–Kier alpha value is -2.06. The van der Waals surface area contributed by atoms with Crippen LogP contribution in [0.5, 0.6) is 0 Å². The van der Waals surface area contributed by atoms with E-state index in [1.165, 1.54) is 0 Å². The van der Waals surface area contributed by atoms with Crippen molar-refractivity contribution in [3.05, 3.63) is 5.21 Å². The van der Waals surface area contributed by atoms with Gasteiger partial charge in [0.05, 0.1) is 11.5 Å². The number of carboxylic acids is 1. The fourth-order valence-electron chi connectivity index (χ4n) is 0.768. The van der Waals surface area contributed by atoms with E-state index in [9.17, 15) is 14.8 Å². The van der Waals surface area contributed by atoms with E-state index in [2.05, 4.69) is 14.9 Å². The number of nitrogens with zero attached hydrogens (tertiary/aromatic N) is 3. The van der Waals surface area contributed by atoms with Crippen LogP contribution in [0.1, 0.15) is 20.3 Å². The summed E-state index contributed by atoms with van der Waals surface area (Å²) in [5, 5.41) is 23.5. The van der Waals surface area contributed by atoms with Crippen molar-refractivity contribution in [3.8, 4) is 0 Å². The number of likely N-dealkylation sites (N-methyl/N-ethyl adjacent to an activating group) is 1. The molecule has 0 radical (unpaired) electrons. The second-order valence-corrected chi connectivity index (χ2v) is 2.83. The number of rotatable bonds is 8. The van der Waals surface area contributed by atoms with Crippen LogP contribution >= 0.6 is 0 Å². The van der Waals surface area contributed by atoms with Crippen molar-refractivity contribution >= 4 is 11.9 Å². The molecular formula is C8H15N3O6. The van der Waals surface area contributed by atoms with E-state index in [-0.39, 0.29) is 17.9 Å². The van der Waals surface area contributed by atoms with E-state index in [0.717, 1.165) is 5.01 Å². The molecule has 0 aliphatic carbocycles. The Morgan fingerprint density at radius 1 is 1.47 bits per heavy atom. The lowest BCUT2D eigenvalue weighted by Crippen LogP contribution is -2.35. The maximum Gasteiger partial charge on any atom is 0.329 e. The minimum Gasteiger partial charge on any atom is -0.569 e. The molecule has 9 nitrogen and oxygen atoms in total. The van der Waals surface area contributed by atoms with E-state index in [0.29, 0.717) is 0 Å². The van der Waals surface area contributed by atoms with E-state index in [1.54, 1.807) is 13.8 Å². The molecule has 0 spiro atoms. The van der Waals surface area contributed by atoms with Gasteiger partial charge in [0.1, 0.15) is 0 Å². The zero-order chi connectivity index (χ0) is 13.3. The van der Waals surface area contributed by atoms with Gasteiger partial charge in [0.25, 0.3) is 6.79 Å². The molecule has 9 heteroatoms. The van der Waals surface area contributed by atoms with E-state index in [4.69, 9.17) is 5.11 Å². The predicted molar refractivity (Wildman–Crippen MR) is 53.3 cm³/mol. The molecule has 0 atom stereocenters. The number of hydrogen-bond acceptors (Lipinski definition) is 6. The highest BCUT2D eigenvalue weighted by Gasteiger charge is 2.14. The lowest BCUT2D eigenvalue weighted by Gasteiger charge is -2.13. The number of hydrogen-bond donors (Lipinski definition) is 1. The second kappa shape index (κ2) is 8.13. The minimum atomic E-state index is -1.17. The molecule has 0 saturated carbocycles. The number of ether oxygens (including phenoxy) is 1. The van der Waals surface area contributed by atoms with Gasteiger partial charge in [-0.05, 0) is 6.92 Å². The van der Waals surface area contributed by atoms with Crippen LogP contribution < -0.4 is 0 Å². The third-order valence-corrected chi connectivity index (χ3v) is 1.61.